The Morgan fingerprint density at radius 1 is 0.714 bits per heavy atom. The monoisotopic (exact) mass is 560 g/mol. The fraction of sp³-hybridized carbons (Fsp3) is 0.270. The molecule has 0 aliphatic carbocycles. The Hall–Kier alpha value is -4.35. The SMILES string of the molecule is CCN(CC)Cc1ccc(-c2ocnc2-c2cc(C(C)C)c(OCc3ccccc3)cc2OCc2ccccc2)cc1. The number of rotatable bonds is 13. The molecule has 0 radical (unpaired) electrons. The van der Waals surface area contributed by atoms with Gasteiger partial charge in [0, 0.05) is 23.7 Å². The second-order valence-electron chi connectivity index (χ2n) is 10.8. The maximum absolute atomic E-state index is 6.49. The molecule has 5 rings (SSSR count). The van der Waals surface area contributed by atoms with Crippen LogP contribution in [-0.4, -0.2) is 23.0 Å². The molecule has 216 valence electrons. The zero-order chi connectivity index (χ0) is 29.3. The lowest BCUT2D eigenvalue weighted by Crippen LogP contribution is -2.21. The zero-order valence-electron chi connectivity index (χ0n) is 25.0. The maximum atomic E-state index is 6.49. The molecule has 0 unspecified atom stereocenters. The van der Waals surface area contributed by atoms with Gasteiger partial charge in [0.2, 0.25) is 0 Å². The van der Waals surface area contributed by atoms with Crippen molar-refractivity contribution >= 4 is 0 Å². The van der Waals surface area contributed by atoms with E-state index < -0.39 is 0 Å². The largest absolute Gasteiger partial charge is 0.488 e. The van der Waals surface area contributed by atoms with Crippen molar-refractivity contribution in [2.45, 2.75) is 53.4 Å². The smallest absolute Gasteiger partial charge is 0.182 e. The van der Waals surface area contributed by atoms with Gasteiger partial charge in [-0.25, -0.2) is 4.98 Å². The third-order valence-corrected chi connectivity index (χ3v) is 7.55. The van der Waals surface area contributed by atoms with E-state index in [1.165, 1.54) is 12.0 Å². The zero-order valence-corrected chi connectivity index (χ0v) is 25.0. The van der Waals surface area contributed by atoms with E-state index in [4.69, 9.17) is 18.9 Å². The van der Waals surface area contributed by atoms with E-state index in [-0.39, 0.29) is 5.92 Å². The van der Waals surface area contributed by atoms with Crippen LogP contribution in [0, 0.1) is 0 Å². The first-order valence-corrected chi connectivity index (χ1v) is 14.8. The van der Waals surface area contributed by atoms with Crippen molar-refractivity contribution in [1.29, 1.82) is 0 Å². The number of nitrogens with zero attached hydrogens (tertiary/aromatic N) is 2. The summed E-state index contributed by atoms with van der Waals surface area (Å²) < 4.78 is 18.9. The van der Waals surface area contributed by atoms with Crippen LogP contribution < -0.4 is 9.47 Å². The molecule has 42 heavy (non-hydrogen) atoms. The quantitative estimate of drug-likeness (QED) is 0.144. The number of ether oxygens (including phenoxy) is 2. The van der Waals surface area contributed by atoms with Crippen LogP contribution in [0.2, 0.25) is 0 Å². The van der Waals surface area contributed by atoms with Gasteiger partial charge in [-0.05, 0) is 47.3 Å². The van der Waals surface area contributed by atoms with Crippen molar-refractivity contribution < 1.29 is 13.9 Å². The van der Waals surface area contributed by atoms with Gasteiger partial charge in [-0.1, -0.05) is 113 Å². The number of benzene rings is 4. The molecule has 0 saturated carbocycles. The molecule has 0 aliphatic heterocycles. The van der Waals surface area contributed by atoms with Crippen LogP contribution in [0.25, 0.3) is 22.6 Å². The first-order valence-electron chi connectivity index (χ1n) is 14.8. The van der Waals surface area contributed by atoms with Crippen LogP contribution in [0.5, 0.6) is 11.5 Å². The molecule has 0 amide bonds. The highest BCUT2D eigenvalue weighted by Gasteiger charge is 2.22. The summed E-state index contributed by atoms with van der Waals surface area (Å²) in [6.45, 7) is 12.6. The van der Waals surface area contributed by atoms with Crippen molar-refractivity contribution in [2.75, 3.05) is 13.1 Å². The second-order valence-corrected chi connectivity index (χ2v) is 10.8. The maximum Gasteiger partial charge on any atom is 0.182 e. The summed E-state index contributed by atoms with van der Waals surface area (Å²) in [5, 5.41) is 0. The minimum Gasteiger partial charge on any atom is -0.488 e. The Kier molecular flexibility index (Phi) is 9.73. The van der Waals surface area contributed by atoms with Gasteiger partial charge < -0.3 is 13.9 Å². The molecule has 0 N–H and O–H groups in total. The van der Waals surface area contributed by atoms with Gasteiger partial charge in [0.25, 0.3) is 0 Å². The van der Waals surface area contributed by atoms with Crippen LogP contribution in [0.15, 0.2) is 108 Å². The Morgan fingerprint density at radius 3 is 1.88 bits per heavy atom. The van der Waals surface area contributed by atoms with Crippen molar-refractivity contribution in [2.24, 2.45) is 0 Å². The van der Waals surface area contributed by atoms with Gasteiger partial charge >= 0.3 is 0 Å². The summed E-state index contributed by atoms with van der Waals surface area (Å²) in [5.74, 6) is 2.47. The van der Waals surface area contributed by atoms with Gasteiger partial charge in [-0.3, -0.25) is 4.90 Å². The molecule has 0 spiro atoms. The number of aromatic nitrogens is 1. The second kappa shape index (κ2) is 14.0. The Balaban J connectivity index is 1.52. The summed E-state index contributed by atoms with van der Waals surface area (Å²) in [4.78, 5) is 7.11. The molecule has 0 saturated heterocycles. The topological polar surface area (TPSA) is 47.7 Å². The van der Waals surface area contributed by atoms with E-state index in [1.807, 2.05) is 42.5 Å². The third kappa shape index (κ3) is 7.10. The molecule has 5 heteroatoms. The number of hydrogen-bond donors (Lipinski definition) is 0. The highest BCUT2D eigenvalue weighted by atomic mass is 16.5. The van der Waals surface area contributed by atoms with Crippen molar-refractivity contribution in [3.05, 3.63) is 126 Å². The molecule has 1 heterocycles. The molecule has 0 atom stereocenters. The number of hydrogen-bond acceptors (Lipinski definition) is 5. The van der Waals surface area contributed by atoms with Crippen LogP contribution in [0.3, 0.4) is 0 Å². The lowest BCUT2D eigenvalue weighted by molar-refractivity contribution is 0.288. The minimum absolute atomic E-state index is 0.229. The summed E-state index contributed by atoms with van der Waals surface area (Å²) >= 11 is 0. The average Bonchev–Trinajstić information content (AvgIpc) is 3.52. The first-order chi connectivity index (χ1) is 20.6. The lowest BCUT2D eigenvalue weighted by atomic mass is 9.96. The fourth-order valence-electron chi connectivity index (χ4n) is 5.04. The summed E-state index contributed by atoms with van der Waals surface area (Å²) in [6, 6.07) is 33.2. The molecule has 4 aromatic carbocycles. The van der Waals surface area contributed by atoms with E-state index >= 15 is 0 Å². The normalized spacial score (nSPS) is 11.3. The highest BCUT2D eigenvalue weighted by Crippen LogP contribution is 2.42. The third-order valence-electron chi connectivity index (χ3n) is 7.55. The fourth-order valence-corrected chi connectivity index (χ4v) is 5.04. The van der Waals surface area contributed by atoms with Gasteiger partial charge in [-0.15, -0.1) is 0 Å². The molecule has 5 nitrogen and oxygen atoms in total. The van der Waals surface area contributed by atoms with Gasteiger partial charge in [0.05, 0.1) is 0 Å². The Bertz CT molecular complexity index is 1540. The summed E-state index contributed by atoms with van der Waals surface area (Å²) in [7, 11) is 0. The molecule has 0 fully saturated rings. The van der Waals surface area contributed by atoms with Crippen LogP contribution in [0.4, 0.5) is 0 Å². The predicted octanol–water partition coefficient (Wildman–Crippen LogP) is 9.13. The van der Waals surface area contributed by atoms with Gasteiger partial charge in [-0.2, -0.15) is 0 Å². The Labute approximate surface area is 249 Å². The van der Waals surface area contributed by atoms with Gasteiger partial charge in [0.15, 0.2) is 12.2 Å². The number of oxazole rings is 1. The standard InChI is InChI=1S/C37H40N2O3/c1-5-39(6-2)23-28-17-19-31(20-18-28)37-36(38-26-42-37)33-21-32(27(3)4)34(40-24-29-13-9-7-10-14-29)22-35(33)41-25-30-15-11-8-12-16-30/h7-22,26-27H,5-6,23-25H2,1-4H3. The molecule has 0 bridgehead atoms. The molecule has 5 aromatic rings. The van der Waals surface area contributed by atoms with Crippen LogP contribution >= 0.6 is 0 Å². The van der Waals surface area contributed by atoms with E-state index in [0.717, 1.165) is 64.7 Å². The minimum atomic E-state index is 0.229. The highest BCUT2D eigenvalue weighted by molar-refractivity contribution is 5.81. The van der Waals surface area contributed by atoms with E-state index in [1.54, 1.807) is 0 Å². The van der Waals surface area contributed by atoms with Crippen LogP contribution in [-0.2, 0) is 19.8 Å². The molecule has 0 aliphatic rings. The predicted molar refractivity (Wildman–Crippen MR) is 170 cm³/mol. The first kappa shape index (κ1) is 29.2. The Morgan fingerprint density at radius 2 is 1.31 bits per heavy atom. The van der Waals surface area contributed by atoms with E-state index in [2.05, 4.69) is 87.2 Å². The molecular formula is C37H40N2O3. The van der Waals surface area contributed by atoms with Crippen molar-refractivity contribution in [3.8, 4) is 34.1 Å². The van der Waals surface area contributed by atoms with E-state index in [9.17, 15) is 0 Å². The molecule has 1 aromatic heterocycles. The summed E-state index contributed by atoms with van der Waals surface area (Å²) in [5.41, 5.74) is 7.20. The lowest BCUT2D eigenvalue weighted by Gasteiger charge is -2.19. The van der Waals surface area contributed by atoms with Crippen molar-refractivity contribution in [3.63, 3.8) is 0 Å². The van der Waals surface area contributed by atoms with Crippen molar-refractivity contribution in [1.82, 2.24) is 9.88 Å². The van der Waals surface area contributed by atoms with Gasteiger partial charge in [0.1, 0.15) is 30.4 Å². The summed E-state index contributed by atoms with van der Waals surface area (Å²) in [6.07, 6.45) is 1.52. The van der Waals surface area contributed by atoms with Crippen LogP contribution in [0.1, 0.15) is 55.9 Å². The van der Waals surface area contributed by atoms with E-state index in [0.29, 0.717) is 19.0 Å². The average molecular weight is 561 g/mol. The molecular weight excluding hydrogens is 520 g/mol.